The van der Waals surface area contributed by atoms with Crippen LogP contribution in [0.4, 0.5) is 0 Å². The Morgan fingerprint density at radius 1 is 1.22 bits per heavy atom. The highest BCUT2D eigenvalue weighted by Crippen LogP contribution is 2.18. The number of carbonyl (C=O) groups excluding carboxylic acids is 1. The fourth-order valence-corrected chi connectivity index (χ4v) is 2.33. The van der Waals surface area contributed by atoms with Gasteiger partial charge in [-0.15, -0.1) is 0 Å². The lowest BCUT2D eigenvalue weighted by Crippen LogP contribution is -2.47. The number of nitrogens with one attached hydrogen (secondary N) is 2. The van der Waals surface area contributed by atoms with E-state index >= 15 is 0 Å². The Labute approximate surface area is 112 Å². The van der Waals surface area contributed by atoms with E-state index in [0.717, 1.165) is 25.8 Å². The minimum atomic E-state index is -0.0747. The summed E-state index contributed by atoms with van der Waals surface area (Å²) in [6, 6.07) is 0.340. The predicted octanol–water partition coefficient (Wildman–Crippen LogP) is 2.85. The van der Waals surface area contributed by atoms with E-state index in [9.17, 15) is 4.79 Å². The van der Waals surface area contributed by atoms with Gasteiger partial charge in [-0.3, -0.25) is 4.79 Å². The van der Waals surface area contributed by atoms with Gasteiger partial charge in [0.1, 0.15) is 0 Å². The van der Waals surface area contributed by atoms with Crippen molar-refractivity contribution in [3.8, 4) is 0 Å². The van der Waals surface area contributed by atoms with E-state index in [4.69, 9.17) is 0 Å². The molecule has 1 fully saturated rings. The van der Waals surface area contributed by atoms with E-state index in [1.54, 1.807) is 0 Å². The van der Waals surface area contributed by atoms with Gasteiger partial charge in [0.2, 0.25) is 5.91 Å². The Hall–Kier alpha value is -0.570. The first-order valence-electron chi connectivity index (χ1n) is 7.42. The van der Waals surface area contributed by atoms with Crippen molar-refractivity contribution in [1.82, 2.24) is 10.6 Å². The molecule has 0 radical (unpaired) electrons. The van der Waals surface area contributed by atoms with Crippen molar-refractivity contribution in [2.45, 2.75) is 78.3 Å². The van der Waals surface area contributed by atoms with Gasteiger partial charge in [-0.2, -0.15) is 0 Å². The topological polar surface area (TPSA) is 41.1 Å². The summed E-state index contributed by atoms with van der Waals surface area (Å²) in [5.41, 5.74) is 0.326. The summed E-state index contributed by atoms with van der Waals surface area (Å²) in [5, 5.41) is 6.48. The lowest BCUT2D eigenvalue weighted by atomic mass is 9.92. The highest BCUT2D eigenvalue weighted by molar-refractivity contribution is 5.81. The first-order valence-corrected chi connectivity index (χ1v) is 7.42. The van der Waals surface area contributed by atoms with Gasteiger partial charge < -0.3 is 10.6 Å². The lowest BCUT2D eigenvalue weighted by Gasteiger charge is -2.25. The molecule has 106 valence electrons. The minimum absolute atomic E-state index is 0.0747. The van der Waals surface area contributed by atoms with Crippen molar-refractivity contribution in [3.63, 3.8) is 0 Å². The van der Waals surface area contributed by atoms with Crippen molar-refractivity contribution in [1.29, 1.82) is 0 Å². The molecule has 0 spiro atoms. The number of amides is 1. The lowest BCUT2D eigenvalue weighted by molar-refractivity contribution is -0.123. The van der Waals surface area contributed by atoms with Gasteiger partial charge in [0.25, 0.3) is 0 Å². The van der Waals surface area contributed by atoms with Crippen molar-refractivity contribution >= 4 is 5.91 Å². The van der Waals surface area contributed by atoms with E-state index in [2.05, 4.69) is 31.4 Å². The van der Waals surface area contributed by atoms with Crippen molar-refractivity contribution in [3.05, 3.63) is 0 Å². The van der Waals surface area contributed by atoms with Crippen LogP contribution < -0.4 is 10.6 Å². The van der Waals surface area contributed by atoms with Crippen LogP contribution in [0.2, 0.25) is 0 Å². The molecule has 1 aliphatic carbocycles. The maximum absolute atomic E-state index is 12.0. The van der Waals surface area contributed by atoms with Crippen molar-refractivity contribution in [2.24, 2.45) is 5.41 Å². The molecule has 0 aliphatic heterocycles. The highest BCUT2D eigenvalue weighted by atomic mass is 16.2. The van der Waals surface area contributed by atoms with Gasteiger partial charge in [-0.05, 0) is 38.1 Å². The van der Waals surface area contributed by atoms with Crippen LogP contribution in [-0.4, -0.2) is 24.5 Å². The summed E-state index contributed by atoms with van der Waals surface area (Å²) in [4.78, 5) is 12.0. The quantitative estimate of drug-likeness (QED) is 0.792. The minimum Gasteiger partial charge on any atom is -0.352 e. The third-order valence-corrected chi connectivity index (χ3v) is 3.67. The number of carbonyl (C=O) groups is 1. The zero-order chi connectivity index (χ0) is 13.6. The molecule has 1 rings (SSSR count). The molecule has 18 heavy (non-hydrogen) atoms. The van der Waals surface area contributed by atoms with Crippen LogP contribution in [0.1, 0.15) is 66.2 Å². The van der Waals surface area contributed by atoms with Gasteiger partial charge >= 0.3 is 0 Å². The molecule has 0 saturated heterocycles. The normalized spacial score (nSPS) is 19.6. The Morgan fingerprint density at radius 3 is 2.39 bits per heavy atom. The molecule has 1 aliphatic rings. The zero-order valence-corrected chi connectivity index (χ0v) is 12.5. The highest BCUT2D eigenvalue weighted by Gasteiger charge is 2.19. The van der Waals surface area contributed by atoms with Crippen LogP contribution >= 0.6 is 0 Å². The zero-order valence-electron chi connectivity index (χ0n) is 12.5. The maximum atomic E-state index is 12.0. The molecule has 1 saturated carbocycles. The molecule has 0 aromatic heterocycles. The molecular formula is C15H30N2O. The Morgan fingerprint density at radius 2 is 1.83 bits per heavy atom. The van der Waals surface area contributed by atoms with Crippen LogP contribution in [0.25, 0.3) is 0 Å². The average Bonchev–Trinajstić information content (AvgIpc) is 2.28. The summed E-state index contributed by atoms with van der Waals surface area (Å²) >= 11 is 0. The van der Waals surface area contributed by atoms with E-state index in [1.165, 1.54) is 19.3 Å². The Kier molecular flexibility index (Phi) is 6.13. The van der Waals surface area contributed by atoms with Crippen LogP contribution in [0.15, 0.2) is 0 Å². The van der Waals surface area contributed by atoms with E-state index < -0.39 is 0 Å². The monoisotopic (exact) mass is 254 g/mol. The second kappa shape index (κ2) is 7.13. The smallest absolute Gasteiger partial charge is 0.237 e. The first-order chi connectivity index (χ1) is 8.38. The van der Waals surface area contributed by atoms with Gasteiger partial charge in [0.15, 0.2) is 0 Å². The van der Waals surface area contributed by atoms with Crippen molar-refractivity contribution < 1.29 is 4.79 Å². The van der Waals surface area contributed by atoms with Crippen LogP contribution in [0.5, 0.6) is 0 Å². The third kappa shape index (κ3) is 6.39. The van der Waals surface area contributed by atoms with Crippen molar-refractivity contribution in [2.75, 3.05) is 6.54 Å². The van der Waals surface area contributed by atoms with Crippen LogP contribution in [0.3, 0.4) is 0 Å². The molecule has 0 heterocycles. The van der Waals surface area contributed by atoms with Gasteiger partial charge in [0, 0.05) is 6.04 Å². The standard InChI is InChI=1S/C15H30N2O/c1-12(16-11-10-15(2,3)4)14(18)17-13-8-6-5-7-9-13/h12-13,16H,5-11H2,1-4H3,(H,17,18). The Balaban J connectivity index is 2.19. The Bertz CT molecular complexity index is 252. The summed E-state index contributed by atoms with van der Waals surface area (Å²) < 4.78 is 0. The number of hydrogen-bond donors (Lipinski definition) is 2. The second-order valence-corrected chi connectivity index (χ2v) is 6.83. The van der Waals surface area contributed by atoms with E-state index in [1.807, 2.05) is 6.92 Å². The molecule has 0 aromatic rings. The van der Waals surface area contributed by atoms with E-state index in [-0.39, 0.29) is 11.9 Å². The average molecular weight is 254 g/mol. The summed E-state index contributed by atoms with van der Waals surface area (Å²) in [6.07, 6.45) is 7.24. The summed E-state index contributed by atoms with van der Waals surface area (Å²) in [6.45, 7) is 9.54. The molecule has 0 bridgehead atoms. The summed E-state index contributed by atoms with van der Waals surface area (Å²) in [7, 11) is 0. The third-order valence-electron chi connectivity index (χ3n) is 3.67. The summed E-state index contributed by atoms with van der Waals surface area (Å²) in [5.74, 6) is 0.163. The second-order valence-electron chi connectivity index (χ2n) is 6.83. The number of rotatable bonds is 5. The van der Waals surface area contributed by atoms with Gasteiger partial charge in [0.05, 0.1) is 6.04 Å². The molecule has 2 N–H and O–H groups in total. The molecule has 3 heteroatoms. The predicted molar refractivity (Wildman–Crippen MR) is 76.6 cm³/mol. The largest absolute Gasteiger partial charge is 0.352 e. The molecule has 1 atom stereocenters. The molecular weight excluding hydrogens is 224 g/mol. The first kappa shape index (κ1) is 15.5. The molecule has 1 unspecified atom stereocenters. The fraction of sp³-hybridized carbons (Fsp3) is 0.933. The van der Waals surface area contributed by atoms with Crippen LogP contribution in [0, 0.1) is 5.41 Å². The fourth-order valence-electron chi connectivity index (χ4n) is 2.33. The van der Waals surface area contributed by atoms with Gasteiger partial charge in [-0.25, -0.2) is 0 Å². The van der Waals surface area contributed by atoms with E-state index in [0.29, 0.717) is 11.5 Å². The number of hydrogen-bond acceptors (Lipinski definition) is 2. The maximum Gasteiger partial charge on any atom is 0.237 e. The van der Waals surface area contributed by atoms with Gasteiger partial charge in [-0.1, -0.05) is 40.0 Å². The van der Waals surface area contributed by atoms with Crippen LogP contribution in [-0.2, 0) is 4.79 Å². The molecule has 0 aromatic carbocycles. The molecule has 1 amide bonds. The molecule has 3 nitrogen and oxygen atoms in total. The SMILES string of the molecule is CC(NCCC(C)(C)C)C(=O)NC1CCCCC1.